The van der Waals surface area contributed by atoms with Crippen LogP contribution in [0.4, 0.5) is 0 Å². The van der Waals surface area contributed by atoms with Crippen LogP contribution in [0.25, 0.3) is 11.4 Å². The summed E-state index contributed by atoms with van der Waals surface area (Å²) in [4.78, 5) is 6.96. The molecular weight excluding hydrogens is 248 g/mol. The molecule has 1 aliphatic heterocycles. The SMILES string of the molecule is C#CCN1CCCC(c2nc(-c3ccccc3)n[nH]2)C1. The molecule has 2 aromatic rings. The van der Waals surface area contributed by atoms with Gasteiger partial charge in [-0.2, -0.15) is 5.10 Å². The maximum absolute atomic E-state index is 5.40. The lowest BCUT2D eigenvalue weighted by Gasteiger charge is -2.29. The Balaban J connectivity index is 1.75. The molecule has 1 saturated heterocycles. The quantitative estimate of drug-likeness (QED) is 0.867. The van der Waals surface area contributed by atoms with E-state index in [1.54, 1.807) is 0 Å². The number of nitrogens with zero attached hydrogens (tertiary/aromatic N) is 3. The number of H-pyrrole nitrogens is 1. The van der Waals surface area contributed by atoms with Gasteiger partial charge in [0.2, 0.25) is 0 Å². The van der Waals surface area contributed by atoms with Crippen molar-refractivity contribution in [2.24, 2.45) is 0 Å². The van der Waals surface area contributed by atoms with E-state index in [9.17, 15) is 0 Å². The fourth-order valence-electron chi connectivity index (χ4n) is 2.72. The summed E-state index contributed by atoms with van der Waals surface area (Å²) in [5, 5.41) is 7.43. The fraction of sp³-hybridized carbons (Fsp3) is 0.375. The zero-order valence-electron chi connectivity index (χ0n) is 11.4. The van der Waals surface area contributed by atoms with Gasteiger partial charge >= 0.3 is 0 Å². The molecule has 4 heteroatoms. The third-order valence-corrected chi connectivity index (χ3v) is 3.74. The Labute approximate surface area is 119 Å². The van der Waals surface area contributed by atoms with E-state index in [4.69, 9.17) is 6.42 Å². The molecule has 0 radical (unpaired) electrons. The minimum absolute atomic E-state index is 0.405. The summed E-state index contributed by atoms with van der Waals surface area (Å²) in [5.41, 5.74) is 1.05. The molecule has 1 atom stereocenters. The number of terminal acetylenes is 1. The predicted octanol–water partition coefficient (Wildman–Crippen LogP) is 2.28. The van der Waals surface area contributed by atoms with Crippen LogP contribution < -0.4 is 0 Å². The second-order valence-electron chi connectivity index (χ2n) is 5.19. The van der Waals surface area contributed by atoms with Gasteiger partial charge in [0.1, 0.15) is 5.82 Å². The molecule has 1 aromatic heterocycles. The number of benzene rings is 1. The lowest BCUT2D eigenvalue weighted by Crippen LogP contribution is -2.34. The fourth-order valence-corrected chi connectivity index (χ4v) is 2.72. The normalized spacial score (nSPS) is 19.6. The number of likely N-dealkylation sites (tertiary alicyclic amines) is 1. The highest BCUT2D eigenvalue weighted by molar-refractivity contribution is 5.53. The van der Waals surface area contributed by atoms with Crippen LogP contribution in [-0.4, -0.2) is 39.7 Å². The topological polar surface area (TPSA) is 44.8 Å². The van der Waals surface area contributed by atoms with Gasteiger partial charge in [-0.3, -0.25) is 10.00 Å². The summed E-state index contributed by atoms with van der Waals surface area (Å²) in [6.45, 7) is 2.77. The average molecular weight is 266 g/mol. The smallest absolute Gasteiger partial charge is 0.181 e. The molecule has 1 aliphatic rings. The van der Waals surface area contributed by atoms with Crippen molar-refractivity contribution in [1.82, 2.24) is 20.1 Å². The summed E-state index contributed by atoms with van der Waals surface area (Å²) < 4.78 is 0. The molecule has 1 fully saturated rings. The van der Waals surface area contributed by atoms with Crippen LogP contribution >= 0.6 is 0 Å². The van der Waals surface area contributed by atoms with Crippen molar-refractivity contribution in [3.8, 4) is 23.7 Å². The van der Waals surface area contributed by atoms with Crippen molar-refractivity contribution < 1.29 is 0 Å². The van der Waals surface area contributed by atoms with Crippen LogP contribution in [0.2, 0.25) is 0 Å². The summed E-state index contributed by atoms with van der Waals surface area (Å²) in [6, 6.07) is 10.0. The summed E-state index contributed by atoms with van der Waals surface area (Å²) >= 11 is 0. The van der Waals surface area contributed by atoms with Crippen LogP contribution in [0, 0.1) is 12.3 Å². The van der Waals surface area contributed by atoms with E-state index in [1.165, 1.54) is 0 Å². The molecule has 0 amide bonds. The largest absolute Gasteiger partial charge is 0.292 e. The molecule has 1 N–H and O–H groups in total. The van der Waals surface area contributed by atoms with Gasteiger partial charge in [-0.1, -0.05) is 36.3 Å². The Morgan fingerprint density at radius 3 is 3.00 bits per heavy atom. The van der Waals surface area contributed by atoms with Crippen LogP contribution in [0.3, 0.4) is 0 Å². The van der Waals surface area contributed by atoms with Crippen molar-refractivity contribution in [1.29, 1.82) is 0 Å². The van der Waals surface area contributed by atoms with Crippen LogP contribution in [0.1, 0.15) is 24.6 Å². The van der Waals surface area contributed by atoms with Crippen molar-refractivity contribution in [3.05, 3.63) is 36.2 Å². The van der Waals surface area contributed by atoms with Gasteiger partial charge in [0.25, 0.3) is 0 Å². The standard InChI is InChI=1S/C16H18N4/c1-2-10-20-11-6-9-14(12-20)16-17-15(18-19-16)13-7-4-3-5-8-13/h1,3-5,7-8,14H,6,9-12H2,(H,17,18,19). The van der Waals surface area contributed by atoms with Gasteiger partial charge in [-0.25, -0.2) is 4.98 Å². The number of nitrogens with one attached hydrogen (secondary N) is 1. The summed E-state index contributed by atoms with van der Waals surface area (Å²) in [7, 11) is 0. The molecule has 0 spiro atoms. The van der Waals surface area contributed by atoms with E-state index in [2.05, 4.69) is 26.0 Å². The molecule has 102 valence electrons. The lowest BCUT2D eigenvalue weighted by atomic mass is 9.97. The van der Waals surface area contributed by atoms with Gasteiger partial charge in [0, 0.05) is 18.0 Å². The van der Waals surface area contributed by atoms with Crippen molar-refractivity contribution in [2.45, 2.75) is 18.8 Å². The van der Waals surface area contributed by atoms with Gasteiger partial charge < -0.3 is 0 Å². The van der Waals surface area contributed by atoms with E-state index in [0.717, 1.165) is 49.7 Å². The first-order valence-corrected chi connectivity index (χ1v) is 7.00. The predicted molar refractivity (Wildman–Crippen MR) is 79.1 cm³/mol. The second kappa shape index (κ2) is 5.89. The molecule has 20 heavy (non-hydrogen) atoms. The average Bonchev–Trinajstić information content (AvgIpc) is 2.99. The van der Waals surface area contributed by atoms with E-state index in [1.807, 2.05) is 30.3 Å². The van der Waals surface area contributed by atoms with E-state index < -0.39 is 0 Å². The van der Waals surface area contributed by atoms with E-state index >= 15 is 0 Å². The minimum Gasteiger partial charge on any atom is -0.292 e. The Bertz CT molecular complexity index is 596. The van der Waals surface area contributed by atoms with E-state index in [-0.39, 0.29) is 0 Å². The molecule has 0 saturated carbocycles. The zero-order valence-corrected chi connectivity index (χ0v) is 11.4. The first-order valence-electron chi connectivity index (χ1n) is 7.00. The Morgan fingerprint density at radius 1 is 1.35 bits per heavy atom. The molecule has 3 rings (SSSR count). The number of hydrogen-bond donors (Lipinski definition) is 1. The first kappa shape index (κ1) is 12.9. The van der Waals surface area contributed by atoms with Crippen LogP contribution in [0.5, 0.6) is 0 Å². The Kier molecular flexibility index (Phi) is 3.80. The second-order valence-corrected chi connectivity index (χ2v) is 5.19. The van der Waals surface area contributed by atoms with Gasteiger partial charge in [0.15, 0.2) is 5.82 Å². The third-order valence-electron chi connectivity index (χ3n) is 3.74. The van der Waals surface area contributed by atoms with Crippen molar-refractivity contribution in [3.63, 3.8) is 0 Å². The third kappa shape index (κ3) is 2.73. The molecule has 1 aromatic carbocycles. The molecule has 2 heterocycles. The number of rotatable bonds is 3. The van der Waals surface area contributed by atoms with Crippen LogP contribution in [-0.2, 0) is 0 Å². The van der Waals surface area contributed by atoms with Crippen LogP contribution in [0.15, 0.2) is 30.3 Å². The zero-order chi connectivity index (χ0) is 13.8. The maximum atomic E-state index is 5.40. The molecule has 1 unspecified atom stereocenters. The molecule has 0 aliphatic carbocycles. The van der Waals surface area contributed by atoms with Crippen molar-refractivity contribution >= 4 is 0 Å². The Hall–Kier alpha value is -2.12. The van der Waals surface area contributed by atoms with E-state index in [0.29, 0.717) is 5.92 Å². The molecule has 4 nitrogen and oxygen atoms in total. The first-order chi connectivity index (χ1) is 9.86. The number of aromatic nitrogens is 3. The maximum Gasteiger partial charge on any atom is 0.181 e. The monoisotopic (exact) mass is 266 g/mol. The highest BCUT2D eigenvalue weighted by Crippen LogP contribution is 2.25. The van der Waals surface area contributed by atoms with Gasteiger partial charge in [0.05, 0.1) is 6.54 Å². The molecular formula is C16H18N4. The minimum atomic E-state index is 0.405. The lowest BCUT2D eigenvalue weighted by molar-refractivity contribution is 0.227. The highest BCUT2D eigenvalue weighted by atomic mass is 15.2. The highest BCUT2D eigenvalue weighted by Gasteiger charge is 2.23. The number of hydrogen-bond acceptors (Lipinski definition) is 3. The molecule has 0 bridgehead atoms. The summed E-state index contributed by atoms with van der Waals surface area (Å²) in [6.07, 6.45) is 7.70. The van der Waals surface area contributed by atoms with Gasteiger partial charge in [-0.05, 0) is 19.4 Å². The number of aromatic amines is 1. The Morgan fingerprint density at radius 2 is 2.20 bits per heavy atom. The number of piperidine rings is 1. The summed E-state index contributed by atoms with van der Waals surface area (Å²) in [5.74, 6) is 4.88. The van der Waals surface area contributed by atoms with Gasteiger partial charge in [-0.15, -0.1) is 6.42 Å². The van der Waals surface area contributed by atoms with Crippen molar-refractivity contribution in [2.75, 3.05) is 19.6 Å².